The van der Waals surface area contributed by atoms with Crippen molar-refractivity contribution in [2.75, 3.05) is 46.9 Å². The van der Waals surface area contributed by atoms with Gasteiger partial charge in [-0.15, -0.1) is 0 Å². The van der Waals surface area contributed by atoms with Crippen molar-refractivity contribution in [3.63, 3.8) is 0 Å². The SMILES string of the molecule is CN(Cc1ccc(C2=NCCN2C(=O)O)cc1)C(=O)COCCN(C)S(=O)(=O)c1ccc(F)cc1F. The van der Waals surface area contributed by atoms with Gasteiger partial charge in [-0.25, -0.2) is 22.0 Å². The fourth-order valence-corrected chi connectivity index (χ4v) is 4.63. The Morgan fingerprint density at radius 3 is 2.47 bits per heavy atom. The summed E-state index contributed by atoms with van der Waals surface area (Å²) in [6, 6.07) is 9.23. The summed E-state index contributed by atoms with van der Waals surface area (Å²) in [5.41, 5.74) is 1.47. The minimum atomic E-state index is -4.19. The molecule has 0 radical (unpaired) electrons. The molecule has 2 aromatic carbocycles. The zero-order valence-corrected chi connectivity index (χ0v) is 20.5. The molecule has 0 fully saturated rings. The molecule has 0 saturated carbocycles. The summed E-state index contributed by atoms with van der Waals surface area (Å²) < 4.78 is 58.0. The third kappa shape index (κ3) is 6.42. The van der Waals surface area contributed by atoms with Crippen LogP contribution in [0.4, 0.5) is 13.6 Å². The first-order chi connectivity index (χ1) is 17.0. The van der Waals surface area contributed by atoms with E-state index in [0.29, 0.717) is 30.6 Å². The summed E-state index contributed by atoms with van der Waals surface area (Å²) in [5, 5.41) is 9.24. The van der Waals surface area contributed by atoms with Crippen LogP contribution in [0.15, 0.2) is 52.4 Å². The van der Waals surface area contributed by atoms with Gasteiger partial charge in [-0.1, -0.05) is 24.3 Å². The summed E-state index contributed by atoms with van der Waals surface area (Å²) in [5.74, 6) is -2.03. The van der Waals surface area contributed by atoms with Gasteiger partial charge in [-0.2, -0.15) is 4.31 Å². The Balaban J connectivity index is 1.46. The zero-order valence-electron chi connectivity index (χ0n) is 19.7. The molecule has 36 heavy (non-hydrogen) atoms. The number of aliphatic imine (C=N–C) groups is 1. The first-order valence-corrected chi connectivity index (χ1v) is 12.3. The second-order valence-corrected chi connectivity index (χ2v) is 10.1. The van der Waals surface area contributed by atoms with Crippen molar-refractivity contribution in [2.24, 2.45) is 4.99 Å². The van der Waals surface area contributed by atoms with Crippen LogP contribution in [0.25, 0.3) is 0 Å². The molecule has 194 valence electrons. The van der Waals surface area contributed by atoms with Crippen molar-refractivity contribution in [3.8, 4) is 0 Å². The number of amidine groups is 1. The fraction of sp³-hybridized carbons (Fsp3) is 0.348. The zero-order chi connectivity index (χ0) is 26.5. The van der Waals surface area contributed by atoms with Crippen LogP contribution in [0, 0.1) is 11.6 Å². The lowest BCUT2D eigenvalue weighted by Crippen LogP contribution is -2.34. The van der Waals surface area contributed by atoms with Crippen molar-refractivity contribution in [1.29, 1.82) is 0 Å². The van der Waals surface area contributed by atoms with Gasteiger partial charge in [0.15, 0.2) is 0 Å². The van der Waals surface area contributed by atoms with E-state index in [1.54, 1.807) is 31.3 Å². The van der Waals surface area contributed by atoms with E-state index in [4.69, 9.17) is 4.74 Å². The first-order valence-electron chi connectivity index (χ1n) is 10.9. The van der Waals surface area contributed by atoms with E-state index in [-0.39, 0.29) is 32.2 Å². The highest BCUT2D eigenvalue weighted by molar-refractivity contribution is 7.89. The summed E-state index contributed by atoms with van der Waals surface area (Å²) in [6.07, 6.45) is -1.06. The lowest BCUT2D eigenvalue weighted by atomic mass is 10.1. The van der Waals surface area contributed by atoms with Crippen LogP contribution >= 0.6 is 0 Å². The van der Waals surface area contributed by atoms with Gasteiger partial charge in [-0.3, -0.25) is 14.7 Å². The van der Waals surface area contributed by atoms with Crippen LogP contribution in [0.5, 0.6) is 0 Å². The molecule has 2 amide bonds. The molecule has 1 aliphatic rings. The van der Waals surface area contributed by atoms with Crippen LogP contribution in [-0.2, 0) is 26.1 Å². The molecule has 0 aliphatic carbocycles. The maximum Gasteiger partial charge on any atom is 0.413 e. The number of hydrogen-bond donors (Lipinski definition) is 1. The highest BCUT2D eigenvalue weighted by Gasteiger charge is 2.25. The number of likely N-dealkylation sites (N-methyl/N-ethyl adjacent to an activating group) is 2. The van der Waals surface area contributed by atoms with Crippen molar-refractivity contribution in [1.82, 2.24) is 14.1 Å². The van der Waals surface area contributed by atoms with Crippen molar-refractivity contribution in [2.45, 2.75) is 11.4 Å². The maximum atomic E-state index is 13.9. The second kappa shape index (κ2) is 11.5. The number of carbonyl (C=O) groups is 2. The Labute approximate surface area is 207 Å². The Bertz CT molecular complexity index is 1250. The van der Waals surface area contributed by atoms with Crippen LogP contribution in [0.3, 0.4) is 0 Å². The minimum Gasteiger partial charge on any atom is -0.465 e. The van der Waals surface area contributed by atoms with E-state index in [0.717, 1.165) is 22.0 Å². The lowest BCUT2D eigenvalue weighted by molar-refractivity contribution is -0.135. The Hall–Kier alpha value is -3.42. The predicted molar refractivity (Wildman–Crippen MR) is 126 cm³/mol. The Kier molecular flexibility index (Phi) is 8.71. The van der Waals surface area contributed by atoms with E-state index >= 15 is 0 Å². The molecule has 1 N–H and O–H groups in total. The number of hydrogen-bond acceptors (Lipinski definition) is 6. The molecule has 0 bridgehead atoms. The monoisotopic (exact) mass is 524 g/mol. The number of benzene rings is 2. The largest absolute Gasteiger partial charge is 0.465 e. The number of sulfonamides is 1. The molecule has 3 rings (SSSR count). The topological polar surface area (TPSA) is 120 Å². The van der Waals surface area contributed by atoms with E-state index in [2.05, 4.69) is 4.99 Å². The van der Waals surface area contributed by atoms with Gasteiger partial charge in [0.2, 0.25) is 15.9 Å². The van der Waals surface area contributed by atoms with E-state index < -0.39 is 32.6 Å². The van der Waals surface area contributed by atoms with Gasteiger partial charge >= 0.3 is 6.09 Å². The summed E-state index contributed by atoms with van der Waals surface area (Å²) in [4.78, 5) is 29.9. The highest BCUT2D eigenvalue weighted by Crippen LogP contribution is 2.19. The van der Waals surface area contributed by atoms with Crippen molar-refractivity contribution in [3.05, 3.63) is 65.2 Å². The predicted octanol–water partition coefficient (Wildman–Crippen LogP) is 2.00. The van der Waals surface area contributed by atoms with Crippen LogP contribution in [-0.4, -0.2) is 92.4 Å². The van der Waals surface area contributed by atoms with E-state index in [1.165, 1.54) is 16.8 Å². The van der Waals surface area contributed by atoms with Gasteiger partial charge in [0, 0.05) is 38.8 Å². The number of halogens is 2. The molecule has 13 heteroatoms. The average molecular weight is 525 g/mol. The van der Waals surface area contributed by atoms with Crippen molar-refractivity contribution >= 4 is 27.9 Å². The molecule has 0 aromatic heterocycles. The second-order valence-electron chi connectivity index (χ2n) is 8.04. The maximum absolute atomic E-state index is 13.9. The van der Waals surface area contributed by atoms with Gasteiger partial charge in [0.05, 0.1) is 19.7 Å². The summed E-state index contributed by atoms with van der Waals surface area (Å²) in [7, 11) is -1.38. The number of ether oxygens (including phenoxy) is 1. The molecule has 1 aliphatic heterocycles. The van der Waals surface area contributed by atoms with Gasteiger partial charge in [0.1, 0.15) is 29.0 Å². The minimum absolute atomic E-state index is 0.116. The van der Waals surface area contributed by atoms with Gasteiger partial charge in [-0.05, 0) is 17.7 Å². The standard InChI is InChI=1S/C23H26F2N4O6S/c1-27(14-16-3-5-17(6-4-16)22-26-9-10-29(22)23(31)32)21(30)15-35-12-11-28(2)36(33,34)20-8-7-18(24)13-19(20)25/h3-8,13H,9-12,14-15H2,1-2H3,(H,31,32). The smallest absolute Gasteiger partial charge is 0.413 e. The third-order valence-electron chi connectivity index (χ3n) is 5.49. The first kappa shape index (κ1) is 27.2. The number of carboxylic acid groups (broad SMARTS) is 1. The summed E-state index contributed by atoms with van der Waals surface area (Å²) >= 11 is 0. The highest BCUT2D eigenvalue weighted by atomic mass is 32.2. The van der Waals surface area contributed by atoms with Gasteiger partial charge < -0.3 is 14.7 Å². The van der Waals surface area contributed by atoms with Crippen LogP contribution < -0.4 is 0 Å². The Morgan fingerprint density at radius 1 is 1.14 bits per heavy atom. The number of amides is 2. The molecular weight excluding hydrogens is 498 g/mol. The molecule has 0 unspecified atom stereocenters. The molecule has 10 nitrogen and oxygen atoms in total. The molecule has 0 saturated heterocycles. The molecule has 0 atom stereocenters. The number of rotatable bonds is 10. The Morgan fingerprint density at radius 2 is 1.83 bits per heavy atom. The fourth-order valence-electron chi connectivity index (χ4n) is 3.44. The molecule has 1 heterocycles. The molecule has 0 spiro atoms. The van der Waals surface area contributed by atoms with Crippen LogP contribution in [0.2, 0.25) is 0 Å². The summed E-state index contributed by atoms with van der Waals surface area (Å²) in [6.45, 7) is 0.442. The third-order valence-corrected chi connectivity index (χ3v) is 7.38. The normalized spacial score (nSPS) is 13.7. The lowest BCUT2D eigenvalue weighted by Gasteiger charge is -2.20. The number of nitrogens with zero attached hydrogens (tertiary/aromatic N) is 4. The van der Waals surface area contributed by atoms with E-state index in [1.807, 2.05) is 0 Å². The average Bonchev–Trinajstić information content (AvgIpc) is 3.32. The molecular formula is C23H26F2N4O6S. The van der Waals surface area contributed by atoms with Crippen LogP contribution in [0.1, 0.15) is 11.1 Å². The van der Waals surface area contributed by atoms with Gasteiger partial charge in [0.25, 0.3) is 0 Å². The number of carbonyl (C=O) groups excluding carboxylic acids is 1. The van der Waals surface area contributed by atoms with Crippen molar-refractivity contribution < 1.29 is 36.6 Å². The molecule has 2 aromatic rings. The quantitative estimate of drug-likeness (QED) is 0.475. The van der Waals surface area contributed by atoms with E-state index in [9.17, 15) is 31.9 Å².